The second-order valence-corrected chi connectivity index (χ2v) is 5.83. The lowest BCUT2D eigenvalue weighted by Crippen LogP contribution is -2.23. The lowest BCUT2D eigenvalue weighted by atomic mass is 10.2. The smallest absolute Gasteiger partial charge is 0.262 e. The predicted octanol–water partition coefficient (Wildman–Crippen LogP) is 3.93. The first-order valence-corrected chi connectivity index (χ1v) is 7.54. The zero-order valence-electron chi connectivity index (χ0n) is 11.4. The average Bonchev–Trinajstić information content (AvgIpc) is 2.89. The molecular formula is C16H13ClN2OS. The monoisotopic (exact) mass is 316 g/mol. The minimum absolute atomic E-state index is 0.106. The molecule has 5 heteroatoms. The summed E-state index contributed by atoms with van der Waals surface area (Å²) in [5, 5.41) is 14.4. The summed E-state index contributed by atoms with van der Waals surface area (Å²) in [5.74, 6) is -0.375. The van der Waals surface area contributed by atoms with Gasteiger partial charge in [-0.25, -0.2) is 0 Å². The molecule has 1 heterocycles. The lowest BCUT2D eigenvalue weighted by Gasteiger charge is -2.04. The molecule has 0 radical (unpaired) electrons. The number of aryl methyl sites for hydroxylation is 1. The molecule has 106 valence electrons. The number of hydrogen-bond acceptors (Lipinski definition) is 3. The molecule has 0 aliphatic heterocycles. The normalized spacial score (nSPS) is 11.0. The van der Waals surface area contributed by atoms with Gasteiger partial charge in [0.2, 0.25) is 0 Å². The van der Waals surface area contributed by atoms with Gasteiger partial charge in [0, 0.05) is 16.4 Å². The van der Waals surface area contributed by atoms with Crippen LogP contribution < -0.4 is 5.32 Å². The third kappa shape index (κ3) is 4.19. The largest absolute Gasteiger partial charge is 0.347 e. The van der Waals surface area contributed by atoms with Gasteiger partial charge >= 0.3 is 0 Å². The van der Waals surface area contributed by atoms with Crippen LogP contribution in [0.2, 0.25) is 5.02 Å². The van der Waals surface area contributed by atoms with E-state index in [9.17, 15) is 4.79 Å². The van der Waals surface area contributed by atoms with Gasteiger partial charge < -0.3 is 5.32 Å². The van der Waals surface area contributed by atoms with Crippen LogP contribution in [-0.2, 0) is 11.3 Å². The van der Waals surface area contributed by atoms with E-state index in [1.165, 1.54) is 11.3 Å². The molecule has 0 aliphatic rings. The molecule has 1 aromatic carbocycles. The average molecular weight is 317 g/mol. The first kappa shape index (κ1) is 15.3. The Hall–Kier alpha value is -2.09. The molecule has 3 nitrogen and oxygen atoms in total. The Bertz CT molecular complexity index is 711. The number of halogens is 1. The standard InChI is InChI=1S/C16H13ClN2OS/c1-11-6-7-21-15(11)8-13(9-18)16(20)19-10-12-2-4-14(17)5-3-12/h2-8H,10H2,1H3,(H,19,20)/b13-8-. The van der Waals surface area contributed by atoms with E-state index < -0.39 is 0 Å². The SMILES string of the molecule is Cc1ccsc1/C=C(/C#N)C(=O)NCc1ccc(Cl)cc1. The summed E-state index contributed by atoms with van der Waals surface area (Å²) >= 11 is 7.31. The maximum Gasteiger partial charge on any atom is 0.262 e. The Labute approximate surface area is 132 Å². The number of carbonyl (C=O) groups is 1. The number of benzene rings is 1. The van der Waals surface area contributed by atoms with Crippen molar-refractivity contribution in [3.63, 3.8) is 0 Å². The number of nitriles is 1. The van der Waals surface area contributed by atoms with E-state index in [1.807, 2.05) is 36.6 Å². The molecule has 0 aliphatic carbocycles. The highest BCUT2D eigenvalue weighted by Gasteiger charge is 2.10. The highest BCUT2D eigenvalue weighted by Crippen LogP contribution is 2.19. The summed E-state index contributed by atoms with van der Waals surface area (Å²) in [6.45, 7) is 2.31. The molecule has 0 spiro atoms. The molecule has 0 saturated heterocycles. The van der Waals surface area contributed by atoms with Crippen LogP contribution in [0.4, 0.5) is 0 Å². The lowest BCUT2D eigenvalue weighted by molar-refractivity contribution is -0.117. The van der Waals surface area contributed by atoms with Crippen LogP contribution in [0.15, 0.2) is 41.3 Å². The first-order valence-electron chi connectivity index (χ1n) is 6.28. The maximum absolute atomic E-state index is 12.0. The summed E-state index contributed by atoms with van der Waals surface area (Å²) in [6.07, 6.45) is 1.62. The van der Waals surface area contributed by atoms with Crippen LogP contribution in [0, 0.1) is 18.3 Å². The molecule has 1 aromatic heterocycles. The summed E-state index contributed by atoms with van der Waals surface area (Å²) in [6, 6.07) is 11.1. The molecule has 0 saturated carbocycles. The van der Waals surface area contributed by atoms with E-state index in [1.54, 1.807) is 18.2 Å². The van der Waals surface area contributed by atoms with Crippen LogP contribution in [-0.4, -0.2) is 5.91 Å². The number of hydrogen-bond donors (Lipinski definition) is 1. The third-order valence-electron chi connectivity index (χ3n) is 2.91. The Balaban J connectivity index is 2.04. The Morgan fingerprint density at radius 1 is 1.38 bits per heavy atom. The van der Waals surface area contributed by atoms with Crippen LogP contribution in [0.25, 0.3) is 6.08 Å². The Morgan fingerprint density at radius 3 is 2.67 bits per heavy atom. The maximum atomic E-state index is 12.0. The van der Waals surface area contributed by atoms with E-state index in [4.69, 9.17) is 16.9 Å². The van der Waals surface area contributed by atoms with Crippen molar-refractivity contribution in [1.29, 1.82) is 5.26 Å². The van der Waals surface area contributed by atoms with Gasteiger partial charge in [0.25, 0.3) is 5.91 Å². The van der Waals surface area contributed by atoms with E-state index in [2.05, 4.69) is 5.32 Å². The van der Waals surface area contributed by atoms with Gasteiger partial charge in [0.1, 0.15) is 11.6 Å². The summed E-state index contributed by atoms with van der Waals surface area (Å²) in [5.41, 5.74) is 2.09. The van der Waals surface area contributed by atoms with Crippen molar-refractivity contribution >= 4 is 34.9 Å². The van der Waals surface area contributed by atoms with Crippen molar-refractivity contribution in [3.05, 3.63) is 62.3 Å². The summed E-state index contributed by atoms with van der Waals surface area (Å²) in [4.78, 5) is 13.0. The van der Waals surface area contributed by atoms with Crippen molar-refractivity contribution < 1.29 is 4.79 Å². The first-order chi connectivity index (χ1) is 10.1. The van der Waals surface area contributed by atoms with Gasteiger partial charge in [-0.05, 0) is 47.7 Å². The van der Waals surface area contributed by atoms with Crippen LogP contribution >= 0.6 is 22.9 Å². The van der Waals surface area contributed by atoms with Gasteiger partial charge in [-0.15, -0.1) is 11.3 Å². The molecule has 1 N–H and O–H groups in total. The molecule has 2 aromatic rings. The Kier molecular flexibility index (Phi) is 5.15. The van der Waals surface area contributed by atoms with Crippen LogP contribution in [0.1, 0.15) is 16.0 Å². The van der Waals surface area contributed by atoms with Crippen molar-refractivity contribution in [2.45, 2.75) is 13.5 Å². The second kappa shape index (κ2) is 7.07. The fourth-order valence-corrected chi connectivity index (χ4v) is 2.68. The fraction of sp³-hybridized carbons (Fsp3) is 0.125. The summed E-state index contributed by atoms with van der Waals surface area (Å²) in [7, 11) is 0. The molecule has 0 fully saturated rings. The Morgan fingerprint density at radius 2 is 2.10 bits per heavy atom. The van der Waals surface area contributed by atoms with Crippen molar-refractivity contribution in [1.82, 2.24) is 5.32 Å². The summed E-state index contributed by atoms with van der Waals surface area (Å²) < 4.78 is 0. The molecule has 0 atom stereocenters. The van der Waals surface area contributed by atoms with Crippen LogP contribution in [0.5, 0.6) is 0 Å². The van der Waals surface area contributed by atoms with Gasteiger partial charge in [-0.2, -0.15) is 5.26 Å². The van der Waals surface area contributed by atoms with Crippen molar-refractivity contribution in [2.24, 2.45) is 0 Å². The van der Waals surface area contributed by atoms with E-state index in [0.717, 1.165) is 16.0 Å². The number of thiophene rings is 1. The van der Waals surface area contributed by atoms with Gasteiger partial charge in [0.15, 0.2) is 0 Å². The predicted molar refractivity (Wildman–Crippen MR) is 85.9 cm³/mol. The molecule has 21 heavy (non-hydrogen) atoms. The van der Waals surface area contributed by atoms with Gasteiger partial charge in [-0.1, -0.05) is 23.7 Å². The topological polar surface area (TPSA) is 52.9 Å². The second-order valence-electron chi connectivity index (χ2n) is 4.45. The fourth-order valence-electron chi connectivity index (χ4n) is 1.69. The number of rotatable bonds is 4. The number of carbonyl (C=O) groups excluding carboxylic acids is 1. The minimum Gasteiger partial charge on any atom is -0.347 e. The number of nitrogens with zero attached hydrogens (tertiary/aromatic N) is 1. The molecule has 1 amide bonds. The quantitative estimate of drug-likeness (QED) is 0.686. The zero-order valence-corrected chi connectivity index (χ0v) is 13.0. The molecular weight excluding hydrogens is 304 g/mol. The van der Waals surface area contributed by atoms with Gasteiger partial charge in [0.05, 0.1) is 0 Å². The molecule has 0 unspecified atom stereocenters. The molecule has 2 rings (SSSR count). The van der Waals surface area contributed by atoms with E-state index >= 15 is 0 Å². The number of nitrogens with one attached hydrogen (secondary N) is 1. The van der Waals surface area contributed by atoms with Crippen molar-refractivity contribution in [2.75, 3.05) is 0 Å². The highest BCUT2D eigenvalue weighted by molar-refractivity contribution is 7.11. The van der Waals surface area contributed by atoms with E-state index in [-0.39, 0.29) is 11.5 Å². The zero-order chi connectivity index (χ0) is 15.2. The van der Waals surface area contributed by atoms with Gasteiger partial charge in [-0.3, -0.25) is 4.79 Å². The minimum atomic E-state index is -0.375. The highest BCUT2D eigenvalue weighted by atomic mass is 35.5. The van der Waals surface area contributed by atoms with Crippen LogP contribution in [0.3, 0.4) is 0 Å². The molecule has 0 bridgehead atoms. The third-order valence-corrected chi connectivity index (χ3v) is 4.13. The number of amides is 1. The van der Waals surface area contributed by atoms with Crippen molar-refractivity contribution in [3.8, 4) is 6.07 Å². The van der Waals surface area contributed by atoms with E-state index in [0.29, 0.717) is 11.6 Å².